The lowest BCUT2D eigenvalue weighted by Crippen LogP contribution is -1.97. The molecule has 212 valence electrons. The number of hydrogen-bond donors (Lipinski definition) is 0. The van der Waals surface area contributed by atoms with Gasteiger partial charge in [-0.15, -0.1) is 0 Å². The molecule has 15 aromatic rings. The van der Waals surface area contributed by atoms with Gasteiger partial charge in [0, 0.05) is 0 Å². The Hall–Kier alpha value is -6.24. The van der Waals surface area contributed by atoms with Gasteiger partial charge in [-0.1, -0.05) is 97.1 Å². The predicted molar refractivity (Wildman–Crippen MR) is 210 cm³/mol. The molecule has 0 heteroatoms. The summed E-state index contributed by atoms with van der Waals surface area (Å²) in [5.74, 6) is 0. The Labute approximate surface area is 271 Å². The number of rotatable bonds is 0. The highest BCUT2D eigenvalue weighted by Crippen LogP contribution is 2.56. The lowest BCUT2D eigenvalue weighted by atomic mass is 9.77. The summed E-state index contributed by atoms with van der Waals surface area (Å²) in [6.45, 7) is 0. The third-order valence-corrected chi connectivity index (χ3v) is 12.8. The summed E-state index contributed by atoms with van der Waals surface area (Å²) in [6.07, 6.45) is 0. The second kappa shape index (κ2) is 6.74. The largest absolute Gasteiger partial charge is 0.0537 e. The summed E-state index contributed by atoms with van der Waals surface area (Å²) >= 11 is 0. The molecule has 0 aliphatic heterocycles. The van der Waals surface area contributed by atoms with E-state index in [1.807, 2.05) is 0 Å². The summed E-state index contributed by atoms with van der Waals surface area (Å²) < 4.78 is 0. The molecule has 0 spiro atoms. The minimum absolute atomic E-state index is 1.34. The van der Waals surface area contributed by atoms with Crippen LogP contribution in [0.3, 0.4) is 0 Å². The normalized spacial score (nSPS) is 13.8. The maximum Gasteiger partial charge on any atom is -0.000137 e. The highest BCUT2D eigenvalue weighted by atomic mass is 14.3. The zero-order chi connectivity index (χ0) is 30.3. The average molecular weight is 597 g/mol. The highest BCUT2D eigenvalue weighted by Gasteiger charge is 2.27. The molecule has 15 aromatic carbocycles. The van der Waals surface area contributed by atoms with E-state index in [1.54, 1.807) is 0 Å². The van der Waals surface area contributed by atoms with Crippen molar-refractivity contribution in [1.82, 2.24) is 0 Å². The van der Waals surface area contributed by atoms with Gasteiger partial charge >= 0.3 is 0 Å². The summed E-state index contributed by atoms with van der Waals surface area (Å²) in [5, 5.41) is 39.0. The first-order valence-electron chi connectivity index (χ1n) is 17.1. The van der Waals surface area contributed by atoms with E-state index in [4.69, 9.17) is 0 Å². The monoisotopic (exact) mass is 596 g/mol. The van der Waals surface area contributed by atoms with Crippen LogP contribution in [0, 0.1) is 0 Å². The fourth-order valence-electron chi connectivity index (χ4n) is 11.1. The van der Waals surface area contributed by atoms with E-state index >= 15 is 0 Å². The molecule has 0 aliphatic carbocycles. The molecule has 0 unspecified atom stereocenters. The van der Waals surface area contributed by atoms with E-state index in [1.165, 1.54) is 151 Å². The maximum atomic E-state index is 2.53. The summed E-state index contributed by atoms with van der Waals surface area (Å²) in [6, 6.07) is 47.7. The second-order valence-electron chi connectivity index (χ2n) is 14.7. The van der Waals surface area contributed by atoms with Crippen molar-refractivity contribution in [3.8, 4) is 0 Å². The first-order valence-corrected chi connectivity index (χ1v) is 17.1. The van der Waals surface area contributed by atoms with Crippen LogP contribution in [0.1, 0.15) is 0 Å². The van der Waals surface area contributed by atoms with Gasteiger partial charge in [0.1, 0.15) is 0 Å². The van der Waals surface area contributed by atoms with Gasteiger partial charge < -0.3 is 0 Å². The molecule has 0 amide bonds. The lowest BCUT2D eigenvalue weighted by molar-refractivity contribution is 1.81. The first kappa shape index (κ1) is 22.3. The Balaban J connectivity index is 1.35. The minimum atomic E-state index is 1.34. The van der Waals surface area contributed by atoms with Crippen molar-refractivity contribution in [2.75, 3.05) is 0 Å². The number of benzene rings is 15. The van der Waals surface area contributed by atoms with Crippen LogP contribution in [0.2, 0.25) is 0 Å². The standard InChI is InChI=1S/C48H20/c1-5-23-9-13-27-17-31-33-19-29-15-11-25-7-3-22-4-8-26-12-16-30-20-34(46(33)48-43(29)39(25)36(22)40(26)44(30)48)32-18-28-14-10-24-6-2-21(1)35-37(23)41(27)47(45(31)32)42(28)38(24)35/h1-20H. The second-order valence-corrected chi connectivity index (χ2v) is 14.7. The Morgan fingerprint density at radius 3 is 0.521 bits per heavy atom. The van der Waals surface area contributed by atoms with E-state index in [2.05, 4.69) is 121 Å². The Bertz CT molecular complexity index is 3380. The first-order chi connectivity index (χ1) is 23.8. The quantitative estimate of drug-likeness (QED) is 0.121. The van der Waals surface area contributed by atoms with Gasteiger partial charge in [-0.25, -0.2) is 0 Å². The van der Waals surface area contributed by atoms with Crippen LogP contribution in [0.25, 0.3) is 151 Å². The van der Waals surface area contributed by atoms with Crippen LogP contribution >= 0.6 is 0 Å². The molecule has 0 bridgehead atoms. The zero-order valence-electron chi connectivity index (χ0n) is 25.5. The Kier molecular flexibility index (Phi) is 3.13. The van der Waals surface area contributed by atoms with Gasteiger partial charge in [0.25, 0.3) is 0 Å². The molecule has 0 atom stereocenters. The van der Waals surface area contributed by atoms with Crippen molar-refractivity contribution in [3.05, 3.63) is 121 Å². The van der Waals surface area contributed by atoms with Gasteiger partial charge in [-0.05, 0) is 175 Å². The van der Waals surface area contributed by atoms with Gasteiger partial charge in [0.15, 0.2) is 0 Å². The molecule has 15 rings (SSSR count). The molecule has 48 heavy (non-hydrogen) atoms. The van der Waals surface area contributed by atoms with E-state index in [-0.39, 0.29) is 0 Å². The molecule has 0 N–H and O–H groups in total. The summed E-state index contributed by atoms with van der Waals surface area (Å²) in [4.78, 5) is 0. The third kappa shape index (κ3) is 2.07. The molecule has 0 aliphatic rings. The van der Waals surface area contributed by atoms with E-state index in [0.29, 0.717) is 0 Å². The summed E-state index contributed by atoms with van der Waals surface area (Å²) in [7, 11) is 0. The lowest BCUT2D eigenvalue weighted by Gasteiger charge is -2.26. The molecular weight excluding hydrogens is 577 g/mol. The Morgan fingerprint density at radius 1 is 0.146 bits per heavy atom. The SMILES string of the molecule is c1cc2ccc3cc4c5cc6ccc7ccc8ccc9ccc%10cc(c%11cc%12ccc%13ccc1c1c2c3c(c4%11)c%12c%131)c5c1c6c7c8c9c%101. The van der Waals surface area contributed by atoms with Crippen LogP contribution < -0.4 is 0 Å². The fourth-order valence-corrected chi connectivity index (χ4v) is 11.1. The molecule has 0 fully saturated rings. The van der Waals surface area contributed by atoms with Crippen molar-refractivity contribution in [3.63, 3.8) is 0 Å². The molecule has 0 heterocycles. The van der Waals surface area contributed by atoms with Crippen LogP contribution in [0.4, 0.5) is 0 Å². The highest BCUT2D eigenvalue weighted by molar-refractivity contribution is 6.54. The van der Waals surface area contributed by atoms with E-state index in [0.717, 1.165) is 0 Å². The molecule has 0 aromatic heterocycles. The third-order valence-electron chi connectivity index (χ3n) is 12.8. The van der Waals surface area contributed by atoms with E-state index < -0.39 is 0 Å². The van der Waals surface area contributed by atoms with Crippen LogP contribution in [-0.2, 0) is 0 Å². The van der Waals surface area contributed by atoms with E-state index in [9.17, 15) is 0 Å². The minimum Gasteiger partial charge on any atom is -0.0537 e. The zero-order valence-corrected chi connectivity index (χ0v) is 25.5. The molecule has 0 saturated heterocycles. The van der Waals surface area contributed by atoms with Crippen molar-refractivity contribution >= 4 is 151 Å². The number of fused-ring (bicyclic) bond motifs is 2. The fraction of sp³-hybridized carbons (Fsp3) is 0. The molecular formula is C48H20. The topological polar surface area (TPSA) is 0 Å². The van der Waals surface area contributed by atoms with Gasteiger partial charge in [-0.3, -0.25) is 0 Å². The van der Waals surface area contributed by atoms with Crippen LogP contribution in [0.5, 0.6) is 0 Å². The smallest absolute Gasteiger partial charge is 0.000137 e. The number of hydrogen-bond acceptors (Lipinski definition) is 0. The molecule has 0 nitrogen and oxygen atoms in total. The van der Waals surface area contributed by atoms with Gasteiger partial charge in [0.05, 0.1) is 0 Å². The Morgan fingerprint density at radius 2 is 0.312 bits per heavy atom. The van der Waals surface area contributed by atoms with Gasteiger partial charge in [-0.2, -0.15) is 0 Å². The van der Waals surface area contributed by atoms with Crippen molar-refractivity contribution in [2.24, 2.45) is 0 Å². The van der Waals surface area contributed by atoms with Crippen molar-refractivity contribution in [1.29, 1.82) is 0 Å². The molecule has 0 saturated carbocycles. The van der Waals surface area contributed by atoms with Gasteiger partial charge in [0.2, 0.25) is 0 Å². The predicted octanol–water partition coefficient (Wildman–Crippen LogP) is 13.9. The van der Waals surface area contributed by atoms with Crippen molar-refractivity contribution < 1.29 is 0 Å². The van der Waals surface area contributed by atoms with Crippen LogP contribution in [0.15, 0.2) is 121 Å². The van der Waals surface area contributed by atoms with Crippen molar-refractivity contribution in [2.45, 2.75) is 0 Å². The van der Waals surface area contributed by atoms with Crippen LogP contribution in [-0.4, -0.2) is 0 Å². The summed E-state index contributed by atoms with van der Waals surface area (Å²) in [5.41, 5.74) is 0. The average Bonchev–Trinajstić information content (AvgIpc) is 3.14. The maximum absolute atomic E-state index is 2.53. The molecule has 0 radical (unpaired) electrons.